The highest BCUT2D eigenvalue weighted by Gasteiger charge is 2.21. The van der Waals surface area contributed by atoms with E-state index in [-0.39, 0.29) is 12.1 Å². The summed E-state index contributed by atoms with van der Waals surface area (Å²) in [5, 5.41) is 5.66. The third-order valence-electron chi connectivity index (χ3n) is 2.77. The van der Waals surface area contributed by atoms with Gasteiger partial charge in [0.2, 0.25) is 0 Å². The molecule has 2 rings (SSSR count). The average molecular weight is 239 g/mol. The lowest BCUT2D eigenvalue weighted by Crippen LogP contribution is -2.43. The minimum Gasteiger partial charge on any atom is -0.337 e. The number of hydrogen-bond acceptors (Lipinski definition) is 1. The first-order valence-corrected chi connectivity index (χ1v) is 6.00. The lowest BCUT2D eigenvalue weighted by atomic mass is 10.1. The van der Waals surface area contributed by atoms with Crippen molar-refractivity contribution in [2.24, 2.45) is 0 Å². The number of halogens is 1. The fourth-order valence-corrected chi connectivity index (χ4v) is 2.15. The summed E-state index contributed by atoms with van der Waals surface area (Å²) in [5.74, 6) is 0.443. The molecule has 0 aromatic heterocycles. The second-order valence-corrected chi connectivity index (χ2v) is 4.34. The zero-order valence-corrected chi connectivity index (χ0v) is 9.76. The Kier molecular flexibility index (Phi) is 3.67. The van der Waals surface area contributed by atoms with E-state index in [9.17, 15) is 4.79 Å². The van der Waals surface area contributed by atoms with Crippen molar-refractivity contribution >= 4 is 17.6 Å². The van der Waals surface area contributed by atoms with Crippen molar-refractivity contribution in [3.05, 3.63) is 35.4 Å². The monoisotopic (exact) mass is 238 g/mol. The molecule has 1 aromatic carbocycles. The van der Waals surface area contributed by atoms with Crippen LogP contribution in [0.2, 0.25) is 0 Å². The summed E-state index contributed by atoms with van der Waals surface area (Å²) in [6.45, 7) is 0.507. The minimum atomic E-state index is -0.126. The molecule has 0 aliphatic heterocycles. The van der Waals surface area contributed by atoms with Gasteiger partial charge in [-0.1, -0.05) is 24.3 Å². The SMILES string of the molecule is O=C(NCCCl)NC1Cc2ccccc2C1. The van der Waals surface area contributed by atoms with Gasteiger partial charge in [-0.3, -0.25) is 0 Å². The van der Waals surface area contributed by atoms with Crippen LogP contribution in [0, 0.1) is 0 Å². The standard InChI is InChI=1S/C12H15ClN2O/c13-5-6-14-12(16)15-11-7-9-3-1-2-4-10(9)8-11/h1-4,11H,5-8H2,(H2,14,15,16). The number of fused-ring (bicyclic) bond motifs is 1. The van der Waals surface area contributed by atoms with Gasteiger partial charge in [0, 0.05) is 18.5 Å². The molecule has 0 fully saturated rings. The molecule has 1 aromatic rings. The predicted molar refractivity (Wildman–Crippen MR) is 64.9 cm³/mol. The fourth-order valence-electron chi connectivity index (χ4n) is 2.06. The molecule has 0 saturated carbocycles. The van der Waals surface area contributed by atoms with E-state index in [2.05, 4.69) is 22.8 Å². The molecule has 0 heterocycles. The number of hydrogen-bond donors (Lipinski definition) is 2. The number of benzene rings is 1. The number of carbonyl (C=O) groups excluding carboxylic acids is 1. The van der Waals surface area contributed by atoms with Gasteiger partial charge in [-0.15, -0.1) is 11.6 Å². The van der Waals surface area contributed by atoms with Crippen LogP contribution in [0.3, 0.4) is 0 Å². The summed E-state index contributed by atoms with van der Waals surface area (Å²) in [4.78, 5) is 11.4. The van der Waals surface area contributed by atoms with Crippen LogP contribution in [0.1, 0.15) is 11.1 Å². The maximum absolute atomic E-state index is 11.4. The molecule has 0 spiro atoms. The number of carbonyl (C=O) groups is 1. The van der Waals surface area contributed by atoms with Gasteiger partial charge in [-0.25, -0.2) is 4.79 Å². The van der Waals surface area contributed by atoms with E-state index < -0.39 is 0 Å². The third kappa shape index (κ3) is 2.67. The van der Waals surface area contributed by atoms with Crippen LogP contribution in [0.15, 0.2) is 24.3 Å². The number of rotatable bonds is 3. The molecule has 4 heteroatoms. The molecule has 0 bridgehead atoms. The van der Waals surface area contributed by atoms with Gasteiger partial charge in [0.25, 0.3) is 0 Å². The first-order chi connectivity index (χ1) is 7.79. The van der Waals surface area contributed by atoms with Gasteiger partial charge in [-0.2, -0.15) is 0 Å². The quantitative estimate of drug-likeness (QED) is 0.774. The van der Waals surface area contributed by atoms with Crippen LogP contribution in [-0.4, -0.2) is 24.5 Å². The van der Waals surface area contributed by atoms with Crippen molar-refractivity contribution in [2.75, 3.05) is 12.4 Å². The number of nitrogens with one attached hydrogen (secondary N) is 2. The van der Waals surface area contributed by atoms with E-state index in [0.717, 1.165) is 12.8 Å². The lowest BCUT2D eigenvalue weighted by molar-refractivity contribution is 0.238. The molecular weight excluding hydrogens is 224 g/mol. The minimum absolute atomic E-state index is 0.126. The van der Waals surface area contributed by atoms with E-state index in [1.165, 1.54) is 11.1 Å². The summed E-state index contributed by atoms with van der Waals surface area (Å²) in [6, 6.07) is 8.40. The lowest BCUT2D eigenvalue weighted by Gasteiger charge is -2.12. The molecule has 16 heavy (non-hydrogen) atoms. The van der Waals surface area contributed by atoms with Crippen LogP contribution < -0.4 is 10.6 Å². The summed E-state index contributed by atoms with van der Waals surface area (Å²) >= 11 is 5.49. The highest BCUT2D eigenvalue weighted by atomic mass is 35.5. The van der Waals surface area contributed by atoms with E-state index in [0.29, 0.717) is 12.4 Å². The van der Waals surface area contributed by atoms with E-state index in [4.69, 9.17) is 11.6 Å². The Morgan fingerprint density at radius 2 is 1.94 bits per heavy atom. The molecule has 0 atom stereocenters. The van der Waals surface area contributed by atoms with Gasteiger partial charge in [0.15, 0.2) is 0 Å². The van der Waals surface area contributed by atoms with Crippen molar-refractivity contribution in [1.82, 2.24) is 10.6 Å². The van der Waals surface area contributed by atoms with Gasteiger partial charge >= 0.3 is 6.03 Å². The fraction of sp³-hybridized carbons (Fsp3) is 0.417. The topological polar surface area (TPSA) is 41.1 Å². The molecule has 2 amide bonds. The molecule has 3 nitrogen and oxygen atoms in total. The van der Waals surface area contributed by atoms with E-state index in [1.807, 2.05) is 12.1 Å². The molecule has 0 unspecified atom stereocenters. The average Bonchev–Trinajstić information content (AvgIpc) is 2.68. The molecule has 86 valence electrons. The van der Waals surface area contributed by atoms with Crippen molar-refractivity contribution in [1.29, 1.82) is 0 Å². The van der Waals surface area contributed by atoms with Crippen molar-refractivity contribution in [3.63, 3.8) is 0 Å². The Hall–Kier alpha value is -1.22. The second-order valence-electron chi connectivity index (χ2n) is 3.96. The highest BCUT2D eigenvalue weighted by Crippen LogP contribution is 2.21. The summed E-state index contributed by atoms with van der Waals surface area (Å²) in [6.07, 6.45) is 1.84. The van der Waals surface area contributed by atoms with E-state index in [1.54, 1.807) is 0 Å². The maximum atomic E-state index is 11.4. The predicted octanol–water partition coefficient (Wildman–Crippen LogP) is 1.69. The van der Waals surface area contributed by atoms with Crippen LogP contribution in [-0.2, 0) is 12.8 Å². The Bertz CT molecular complexity index is 356. The Morgan fingerprint density at radius 3 is 2.50 bits per heavy atom. The smallest absolute Gasteiger partial charge is 0.315 e. The molecule has 0 saturated heterocycles. The first-order valence-electron chi connectivity index (χ1n) is 5.46. The number of alkyl halides is 1. The maximum Gasteiger partial charge on any atom is 0.315 e. The normalized spacial score (nSPS) is 14.6. The zero-order valence-electron chi connectivity index (χ0n) is 9.00. The van der Waals surface area contributed by atoms with E-state index >= 15 is 0 Å². The summed E-state index contributed by atoms with van der Waals surface area (Å²) in [7, 11) is 0. The van der Waals surface area contributed by atoms with Crippen molar-refractivity contribution in [3.8, 4) is 0 Å². The molecule has 2 N–H and O–H groups in total. The second kappa shape index (κ2) is 5.21. The van der Waals surface area contributed by atoms with Gasteiger partial charge in [0.05, 0.1) is 0 Å². The molecule has 1 aliphatic rings. The Morgan fingerprint density at radius 1 is 1.31 bits per heavy atom. The number of amides is 2. The highest BCUT2D eigenvalue weighted by molar-refractivity contribution is 6.18. The van der Waals surface area contributed by atoms with Gasteiger partial charge < -0.3 is 10.6 Å². The van der Waals surface area contributed by atoms with Gasteiger partial charge in [0.1, 0.15) is 0 Å². The largest absolute Gasteiger partial charge is 0.337 e. The van der Waals surface area contributed by atoms with Crippen LogP contribution in [0.25, 0.3) is 0 Å². The Labute approximate surface area is 100 Å². The molecule has 1 aliphatic carbocycles. The van der Waals surface area contributed by atoms with Crippen molar-refractivity contribution < 1.29 is 4.79 Å². The zero-order chi connectivity index (χ0) is 11.4. The third-order valence-corrected chi connectivity index (χ3v) is 2.96. The van der Waals surface area contributed by atoms with Crippen LogP contribution in [0.5, 0.6) is 0 Å². The first kappa shape index (κ1) is 11.3. The van der Waals surface area contributed by atoms with Crippen LogP contribution in [0.4, 0.5) is 4.79 Å². The van der Waals surface area contributed by atoms with Gasteiger partial charge in [-0.05, 0) is 24.0 Å². The van der Waals surface area contributed by atoms with Crippen LogP contribution >= 0.6 is 11.6 Å². The van der Waals surface area contributed by atoms with Crippen molar-refractivity contribution in [2.45, 2.75) is 18.9 Å². The number of urea groups is 1. The summed E-state index contributed by atoms with van der Waals surface area (Å²) < 4.78 is 0. The summed E-state index contributed by atoms with van der Waals surface area (Å²) in [5.41, 5.74) is 2.68. The Balaban J connectivity index is 1.85. The molecule has 0 radical (unpaired) electrons. The molecular formula is C12H15ClN2O.